The molecule has 1 N–H and O–H groups in total. The summed E-state index contributed by atoms with van der Waals surface area (Å²) in [5, 5.41) is 2.83. The summed E-state index contributed by atoms with van der Waals surface area (Å²) in [5.41, 5.74) is 1.16. The standard InChI is InChI=1S/C21H27NO4/c1-15(2)19-10-5-6-11-20(19)25-13-12-22-21(23)16(3)26-18-9-7-8-17(14-18)24-4/h5-11,14-16H,12-13H2,1-4H3,(H,22,23). The van der Waals surface area contributed by atoms with Crippen molar-refractivity contribution in [3.8, 4) is 17.2 Å². The van der Waals surface area contributed by atoms with Gasteiger partial charge in [-0.2, -0.15) is 0 Å². The fourth-order valence-corrected chi connectivity index (χ4v) is 2.50. The van der Waals surface area contributed by atoms with E-state index in [1.54, 1.807) is 26.2 Å². The zero-order valence-electron chi connectivity index (χ0n) is 15.8. The van der Waals surface area contributed by atoms with Crippen LogP contribution in [0.5, 0.6) is 17.2 Å². The molecule has 0 saturated carbocycles. The molecule has 0 heterocycles. The molecule has 140 valence electrons. The fourth-order valence-electron chi connectivity index (χ4n) is 2.50. The van der Waals surface area contributed by atoms with E-state index in [1.165, 1.54) is 0 Å². The molecule has 0 radical (unpaired) electrons. The number of rotatable bonds is 9. The molecule has 1 unspecified atom stereocenters. The summed E-state index contributed by atoms with van der Waals surface area (Å²) in [4.78, 5) is 12.2. The van der Waals surface area contributed by atoms with Crippen LogP contribution >= 0.6 is 0 Å². The van der Waals surface area contributed by atoms with Crippen LogP contribution in [0.25, 0.3) is 0 Å². The van der Waals surface area contributed by atoms with Gasteiger partial charge < -0.3 is 19.5 Å². The average Bonchev–Trinajstić information content (AvgIpc) is 2.65. The SMILES string of the molecule is COc1cccc(OC(C)C(=O)NCCOc2ccccc2C(C)C)c1. The van der Waals surface area contributed by atoms with Crippen molar-refractivity contribution in [2.24, 2.45) is 0 Å². The molecule has 0 aliphatic heterocycles. The van der Waals surface area contributed by atoms with Gasteiger partial charge in [-0.3, -0.25) is 4.79 Å². The Morgan fingerprint density at radius 3 is 2.50 bits per heavy atom. The maximum absolute atomic E-state index is 12.2. The molecule has 5 nitrogen and oxygen atoms in total. The number of carbonyl (C=O) groups is 1. The molecule has 0 bridgehead atoms. The van der Waals surface area contributed by atoms with Crippen molar-refractivity contribution in [1.29, 1.82) is 0 Å². The molecule has 0 aromatic heterocycles. The van der Waals surface area contributed by atoms with Crippen molar-refractivity contribution in [2.45, 2.75) is 32.8 Å². The van der Waals surface area contributed by atoms with Crippen molar-refractivity contribution >= 4 is 5.91 Å². The zero-order chi connectivity index (χ0) is 18.9. The first kappa shape index (κ1) is 19.6. The van der Waals surface area contributed by atoms with Gasteiger partial charge in [-0.25, -0.2) is 0 Å². The van der Waals surface area contributed by atoms with Crippen LogP contribution in [0.15, 0.2) is 48.5 Å². The van der Waals surface area contributed by atoms with E-state index in [-0.39, 0.29) is 5.91 Å². The van der Waals surface area contributed by atoms with Crippen molar-refractivity contribution in [3.63, 3.8) is 0 Å². The number of para-hydroxylation sites is 1. The summed E-state index contributed by atoms with van der Waals surface area (Å²) < 4.78 is 16.6. The molecular formula is C21H27NO4. The Morgan fingerprint density at radius 1 is 1.04 bits per heavy atom. The Morgan fingerprint density at radius 2 is 1.77 bits per heavy atom. The lowest BCUT2D eigenvalue weighted by Gasteiger charge is -2.16. The number of benzene rings is 2. The number of hydrogen-bond acceptors (Lipinski definition) is 4. The lowest BCUT2D eigenvalue weighted by molar-refractivity contribution is -0.127. The number of carbonyl (C=O) groups excluding carboxylic acids is 1. The normalized spacial score (nSPS) is 11.7. The van der Waals surface area contributed by atoms with Crippen LogP contribution in [-0.4, -0.2) is 32.3 Å². The Balaban J connectivity index is 1.78. The van der Waals surface area contributed by atoms with Crippen molar-refractivity contribution < 1.29 is 19.0 Å². The number of nitrogens with one attached hydrogen (secondary N) is 1. The molecule has 0 fully saturated rings. The van der Waals surface area contributed by atoms with Gasteiger partial charge in [0, 0.05) is 6.07 Å². The first-order valence-corrected chi connectivity index (χ1v) is 8.81. The lowest BCUT2D eigenvalue weighted by Crippen LogP contribution is -2.38. The van der Waals surface area contributed by atoms with E-state index in [9.17, 15) is 4.79 Å². The molecule has 1 atom stereocenters. The summed E-state index contributed by atoms with van der Waals surface area (Å²) in [6, 6.07) is 15.1. The fraction of sp³-hybridized carbons (Fsp3) is 0.381. The van der Waals surface area contributed by atoms with Crippen molar-refractivity contribution in [2.75, 3.05) is 20.3 Å². The van der Waals surface area contributed by atoms with Gasteiger partial charge in [0.1, 0.15) is 23.9 Å². The molecule has 5 heteroatoms. The second-order valence-corrected chi connectivity index (χ2v) is 6.27. The van der Waals surface area contributed by atoms with E-state index in [1.807, 2.05) is 30.3 Å². The van der Waals surface area contributed by atoms with Gasteiger partial charge in [-0.05, 0) is 36.6 Å². The molecule has 2 aromatic carbocycles. The molecule has 0 spiro atoms. The quantitative estimate of drug-likeness (QED) is 0.694. The molecule has 2 aromatic rings. The zero-order valence-corrected chi connectivity index (χ0v) is 15.8. The van der Waals surface area contributed by atoms with Crippen molar-refractivity contribution in [1.82, 2.24) is 5.32 Å². The second-order valence-electron chi connectivity index (χ2n) is 6.27. The number of methoxy groups -OCH3 is 1. The van der Waals surface area contributed by atoms with Crippen LogP contribution in [0, 0.1) is 0 Å². The van der Waals surface area contributed by atoms with Gasteiger partial charge in [-0.15, -0.1) is 0 Å². The topological polar surface area (TPSA) is 56.8 Å². The molecular weight excluding hydrogens is 330 g/mol. The Bertz CT molecular complexity index is 715. The van der Waals surface area contributed by atoms with Crippen LogP contribution in [0.3, 0.4) is 0 Å². The minimum atomic E-state index is -0.606. The Hall–Kier alpha value is -2.69. The third kappa shape index (κ3) is 5.69. The number of ether oxygens (including phenoxy) is 3. The van der Waals surface area contributed by atoms with Gasteiger partial charge in [0.15, 0.2) is 6.10 Å². The number of hydrogen-bond donors (Lipinski definition) is 1. The van der Waals surface area contributed by atoms with E-state index in [4.69, 9.17) is 14.2 Å². The largest absolute Gasteiger partial charge is 0.497 e. The Labute approximate surface area is 155 Å². The van der Waals surface area contributed by atoms with Crippen LogP contribution in [-0.2, 0) is 4.79 Å². The van der Waals surface area contributed by atoms with E-state index in [0.29, 0.717) is 30.6 Å². The van der Waals surface area contributed by atoms with Gasteiger partial charge in [0.25, 0.3) is 5.91 Å². The first-order valence-electron chi connectivity index (χ1n) is 8.81. The highest BCUT2D eigenvalue weighted by Gasteiger charge is 2.14. The highest BCUT2D eigenvalue weighted by molar-refractivity contribution is 5.80. The lowest BCUT2D eigenvalue weighted by atomic mass is 10.0. The summed E-state index contributed by atoms with van der Waals surface area (Å²) in [6.07, 6.45) is -0.606. The predicted molar refractivity (Wildman–Crippen MR) is 102 cm³/mol. The average molecular weight is 357 g/mol. The smallest absolute Gasteiger partial charge is 0.260 e. The molecule has 26 heavy (non-hydrogen) atoms. The van der Waals surface area contributed by atoms with Crippen LogP contribution in [0.2, 0.25) is 0 Å². The van der Waals surface area contributed by atoms with Crippen LogP contribution in [0.4, 0.5) is 0 Å². The summed E-state index contributed by atoms with van der Waals surface area (Å²) in [6.45, 7) is 6.78. The van der Waals surface area contributed by atoms with Crippen LogP contribution < -0.4 is 19.5 Å². The molecule has 0 saturated heterocycles. The van der Waals surface area contributed by atoms with Gasteiger partial charge in [0.05, 0.1) is 13.7 Å². The van der Waals surface area contributed by atoms with Crippen molar-refractivity contribution in [3.05, 3.63) is 54.1 Å². The molecule has 2 rings (SSSR count). The minimum Gasteiger partial charge on any atom is -0.497 e. The van der Waals surface area contributed by atoms with Crippen LogP contribution in [0.1, 0.15) is 32.3 Å². The maximum atomic E-state index is 12.2. The summed E-state index contributed by atoms with van der Waals surface area (Å²) in [7, 11) is 1.59. The van der Waals surface area contributed by atoms with E-state index in [2.05, 4.69) is 25.2 Å². The van der Waals surface area contributed by atoms with E-state index < -0.39 is 6.10 Å². The van der Waals surface area contributed by atoms with Gasteiger partial charge in [-0.1, -0.05) is 38.1 Å². The molecule has 0 aliphatic rings. The summed E-state index contributed by atoms with van der Waals surface area (Å²) in [5.74, 6) is 2.34. The predicted octanol–water partition coefficient (Wildman–Crippen LogP) is 3.78. The summed E-state index contributed by atoms with van der Waals surface area (Å²) >= 11 is 0. The first-order chi connectivity index (χ1) is 12.5. The monoisotopic (exact) mass is 357 g/mol. The molecule has 1 amide bonds. The second kappa shape index (κ2) is 9.70. The third-order valence-electron chi connectivity index (χ3n) is 3.92. The van der Waals surface area contributed by atoms with Gasteiger partial charge in [0.2, 0.25) is 0 Å². The maximum Gasteiger partial charge on any atom is 0.260 e. The molecule has 0 aliphatic carbocycles. The van der Waals surface area contributed by atoms with E-state index >= 15 is 0 Å². The highest BCUT2D eigenvalue weighted by atomic mass is 16.5. The van der Waals surface area contributed by atoms with Gasteiger partial charge >= 0.3 is 0 Å². The Kier molecular flexibility index (Phi) is 7.33. The number of amides is 1. The third-order valence-corrected chi connectivity index (χ3v) is 3.92. The minimum absolute atomic E-state index is 0.187. The van der Waals surface area contributed by atoms with E-state index in [0.717, 1.165) is 11.3 Å². The highest BCUT2D eigenvalue weighted by Crippen LogP contribution is 2.25.